The normalized spacial score (nSPS) is 12.9. The van der Waals surface area contributed by atoms with E-state index in [1.165, 1.54) is 15.7 Å². The molecule has 0 aliphatic carbocycles. The summed E-state index contributed by atoms with van der Waals surface area (Å²) in [6.07, 6.45) is 0. The fraction of sp³-hybridized carbons (Fsp3) is 0.231. The first-order chi connectivity index (χ1) is 7.31. The summed E-state index contributed by atoms with van der Waals surface area (Å²) in [5, 5.41) is 11.8. The predicted molar refractivity (Wildman–Crippen MR) is 66.4 cm³/mol. The molecule has 1 unspecified atom stereocenters. The van der Waals surface area contributed by atoms with Crippen LogP contribution >= 0.6 is 11.8 Å². The highest BCUT2D eigenvalue weighted by atomic mass is 32.2. The number of fused-ring (bicyclic) bond motifs is 1. The van der Waals surface area contributed by atoms with Crippen molar-refractivity contribution < 1.29 is 5.11 Å². The first-order valence-electron chi connectivity index (χ1n) is 5.06. The van der Waals surface area contributed by atoms with Crippen molar-refractivity contribution in [2.75, 3.05) is 6.61 Å². The summed E-state index contributed by atoms with van der Waals surface area (Å²) in [4.78, 5) is 1.25. The third-order valence-electron chi connectivity index (χ3n) is 2.33. The van der Waals surface area contributed by atoms with Crippen molar-refractivity contribution >= 4 is 22.5 Å². The highest BCUT2D eigenvalue weighted by Gasteiger charge is 2.05. The van der Waals surface area contributed by atoms with Gasteiger partial charge in [-0.1, -0.05) is 43.3 Å². The first kappa shape index (κ1) is 10.5. The largest absolute Gasteiger partial charge is 0.395 e. The smallest absolute Gasteiger partial charge is 0.0550 e. The lowest BCUT2D eigenvalue weighted by atomic mass is 10.1. The molecule has 0 saturated heterocycles. The van der Waals surface area contributed by atoms with Gasteiger partial charge in [-0.2, -0.15) is 0 Å². The van der Waals surface area contributed by atoms with Crippen molar-refractivity contribution in [3.63, 3.8) is 0 Å². The van der Waals surface area contributed by atoms with Gasteiger partial charge in [-0.25, -0.2) is 0 Å². The zero-order valence-electron chi connectivity index (χ0n) is 8.68. The van der Waals surface area contributed by atoms with Gasteiger partial charge in [-0.15, -0.1) is 11.8 Å². The second-order valence-corrected chi connectivity index (χ2v) is 5.07. The van der Waals surface area contributed by atoms with Crippen molar-refractivity contribution in [1.82, 2.24) is 0 Å². The summed E-state index contributed by atoms with van der Waals surface area (Å²) >= 11 is 1.72. The quantitative estimate of drug-likeness (QED) is 0.798. The molecule has 1 nitrogen and oxygen atoms in total. The molecule has 15 heavy (non-hydrogen) atoms. The van der Waals surface area contributed by atoms with Crippen LogP contribution in [0.5, 0.6) is 0 Å². The average Bonchev–Trinajstić information content (AvgIpc) is 2.29. The van der Waals surface area contributed by atoms with Gasteiger partial charge in [-0.3, -0.25) is 0 Å². The fourth-order valence-electron chi connectivity index (χ4n) is 1.55. The fourth-order valence-corrected chi connectivity index (χ4v) is 2.53. The van der Waals surface area contributed by atoms with E-state index in [1.807, 2.05) is 13.0 Å². The van der Waals surface area contributed by atoms with Gasteiger partial charge in [0.2, 0.25) is 0 Å². The minimum Gasteiger partial charge on any atom is -0.395 e. The molecule has 1 atom stereocenters. The van der Waals surface area contributed by atoms with E-state index in [9.17, 15) is 0 Å². The number of hydrogen-bond acceptors (Lipinski definition) is 2. The molecule has 0 fully saturated rings. The topological polar surface area (TPSA) is 20.2 Å². The third kappa shape index (κ3) is 2.33. The molecule has 0 aromatic heterocycles. The maximum absolute atomic E-state index is 9.05. The van der Waals surface area contributed by atoms with E-state index in [2.05, 4.69) is 36.4 Å². The summed E-state index contributed by atoms with van der Waals surface area (Å²) in [7, 11) is 0. The van der Waals surface area contributed by atoms with Gasteiger partial charge in [0, 0.05) is 10.1 Å². The average molecular weight is 218 g/mol. The lowest BCUT2D eigenvalue weighted by Gasteiger charge is -2.10. The molecule has 0 aliphatic rings. The number of thioether (sulfide) groups is 1. The molecule has 2 aromatic rings. The molecule has 0 bridgehead atoms. The van der Waals surface area contributed by atoms with Crippen LogP contribution in [0.2, 0.25) is 0 Å². The van der Waals surface area contributed by atoms with E-state index in [1.54, 1.807) is 11.8 Å². The van der Waals surface area contributed by atoms with Gasteiger partial charge in [0.15, 0.2) is 0 Å². The minimum atomic E-state index is 0.216. The number of benzene rings is 2. The van der Waals surface area contributed by atoms with E-state index >= 15 is 0 Å². The molecule has 0 radical (unpaired) electrons. The van der Waals surface area contributed by atoms with Crippen molar-refractivity contribution in [2.45, 2.75) is 17.1 Å². The standard InChI is InChI=1S/C13H14OS/c1-10(9-14)15-13-8-4-6-11-5-2-3-7-12(11)13/h2-8,10,14H,9H2,1H3. The SMILES string of the molecule is CC(CO)Sc1cccc2ccccc12. The molecule has 0 heterocycles. The number of aliphatic hydroxyl groups excluding tert-OH is 1. The molecule has 0 amide bonds. The van der Waals surface area contributed by atoms with Crippen LogP contribution in [0.1, 0.15) is 6.92 Å². The lowest BCUT2D eigenvalue weighted by Crippen LogP contribution is -2.01. The number of rotatable bonds is 3. The molecule has 0 aliphatic heterocycles. The Balaban J connectivity index is 2.42. The van der Waals surface area contributed by atoms with Crippen LogP contribution in [0.15, 0.2) is 47.4 Å². The Labute approximate surface area is 94.1 Å². The summed E-state index contributed by atoms with van der Waals surface area (Å²) in [6.45, 7) is 2.25. The van der Waals surface area contributed by atoms with E-state index in [4.69, 9.17) is 5.11 Å². The molecule has 0 spiro atoms. The Morgan fingerprint density at radius 3 is 2.67 bits per heavy atom. The van der Waals surface area contributed by atoms with Crippen molar-refractivity contribution in [3.8, 4) is 0 Å². The van der Waals surface area contributed by atoms with E-state index < -0.39 is 0 Å². The zero-order valence-corrected chi connectivity index (χ0v) is 9.50. The molecular weight excluding hydrogens is 204 g/mol. The van der Waals surface area contributed by atoms with Gasteiger partial charge >= 0.3 is 0 Å². The summed E-state index contributed by atoms with van der Waals surface area (Å²) in [5.41, 5.74) is 0. The molecule has 2 heteroatoms. The number of aliphatic hydroxyl groups is 1. The maximum Gasteiger partial charge on any atom is 0.0550 e. The predicted octanol–water partition coefficient (Wildman–Crippen LogP) is 3.31. The van der Waals surface area contributed by atoms with Gasteiger partial charge in [-0.05, 0) is 16.8 Å². The lowest BCUT2D eigenvalue weighted by molar-refractivity contribution is 0.300. The summed E-state index contributed by atoms with van der Waals surface area (Å²) in [5.74, 6) is 0. The summed E-state index contributed by atoms with van der Waals surface area (Å²) < 4.78 is 0. The van der Waals surface area contributed by atoms with Crippen molar-refractivity contribution in [1.29, 1.82) is 0 Å². The Morgan fingerprint density at radius 2 is 1.87 bits per heavy atom. The van der Waals surface area contributed by atoms with E-state index in [-0.39, 0.29) is 11.9 Å². The van der Waals surface area contributed by atoms with Gasteiger partial charge < -0.3 is 5.11 Å². The zero-order chi connectivity index (χ0) is 10.7. The van der Waals surface area contributed by atoms with Gasteiger partial charge in [0.05, 0.1) is 6.61 Å². The molecular formula is C13H14OS. The second-order valence-electron chi connectivity index (χ2n) is 3.59. The highest BCUT2D eigenvalue weighted by Crippen LogP contribution is 2.30. The van der Waals surface area contributed by atoms with Gasteiger partial charge in [0.25, 0.3) is 0 Å². The van der Waals surface area contributed by atoms with Crippen molar-refractivity contribution in [2.24, 2.45) is 0 Å². The maximum atomic E-state index is 9.05. The van der Waals surface area contributed by atoms with E-state index in [0.717, 1.165) is 0 Å². The van der Waals surface area contributed by atoms with Crippen LogP contribution < -0.4 is 0 Å². The molecule has 2 rings (SSSR count). The Bertz CT molecular complexity index is 448. The van der Waals surface area contributed by atoms with Crippen LogP contribution in [0.4, 0.5) is 0 Å². The van der Waals surface area contributed by atoms with Crippen LogP contribution in [-0.2, 0) is 0 Å². The summed E-state index contributed by atoms with van der Waals surface area (Å²) in [6, 6.07) is 14.6. The van der Waals surface area contributed by atoms with Crippen LogP contribution in [0.25, 0.3) is 10.8 Å². The molecule has 2 aromatic carbocycles. The highest BCUT2D eigenvalue weighted by molar-refractivity contribution is 8.00. The second kappa shape index (κ2) is 4.69. The number of hydrogen-bond donors (Lipinski definition) is 1. The van der Waals surface area contributed by atoms with Crippen LogP contribution in [0, 0.1) is 0 Å². The first-order valence-corrected chi connectivity index (χ1v) is 5.94. The monoisotopic (exact) mass is 218 g/mol. The molecule has 1 N–H and O–H groups in total. The van der Waals surface area contributed by atoms with Gasteiger partial charge in [0.1, 0.15) is 0 Å². The van der Waals surface area contributed by atoms with Crippen LogP contribution in [0.3, 0.4) is 0 Å². The Hall–Kier alpha value is -0.990. The van der Waals surface area contributed by atoms with Crippen molar-refractivity contribution in [3.05, 3.63) is 42.5 Å². The van der Waals surface area contributed by atoms with Crippen LogP contribution in [-0.4, -0.2) is 17.0 Å². The molecule has 0 saturated carbocycles. The third-order valence-corrected chi connectivity index (χ3v) is 3.50. The van der Waals surface area contributed by atoms with E-state index in [0.29, 0.717) is 0 Å². The minimum absolute atomic E-state index is 0.216. The Kier molecular flexibility index (Phi) is 3.29. The Morgan fingerprint density at radius 1 is 1.13 bits per heavy atom. The molecule has 78 valence electrons.